The van der Waals surface area contributed by atoms with Gasteiger partial charge in [0.1, 0.15) is 0 Å². The molecule has 1 rings (SSSR count). The summed E-state index contributed by atoms with van der Waals surface area (Å²) < 4.78 is 0. The highest BCUT2D eigenvalue weighted by atomic mass is 15.2. The van der Waals surface area contributed by atoms with E-state index in [9.17, 15) is 0 Å². The molecular formula is C11H24N2. The SMILES string of the molecule is CCC(C)(CN)N1CCC(C)CC1. The van der Waals surface area contributed by atoms with Crippen LogP contribution in [0.1, 0.15) is 40.0 Å². The van der Waals surface area contributed by atoms with E-state index in [1.54, 1.807) is 0 Å². The van der Waals surface area contributed by atoms with Crippen LogP contribution in [0.25, 0.3) is 0 Å². The van der Waals surface area contributed by atoms with Crippen LogP contribution in [-0.4, -0.2) is 30.1 Å². The molecule has 1 atom stereocenters. The first-order chi connectivity index (χ1) is 6.12. The Morgan fingerprint density at radius 1 is 1.38 bits per heavy atom. The van der Waals surface area contributed by atoms with E-state index >= 15 is 0 Å². The van der Waals surface area contributed by atoms with Crippen molar-refractivity contribution in [1.29, 1.82) is 0 Å². The predicted octanol–water partition coefficient (Wildman–Crippen LogP) is 1.85. The van der Waals surface area contributed by atoms with Crippen LogP contribution >= 0.6 is 0 Å². The summed E-state index contributed by atoms with van der Waals surface area (Å²) in [6, 6.07) is 0. The number of likely N-dealkylation sites (tertiary alicyclic amines) is 1. The molecule has 78 valence electrons. The van der Waals surface area contributed by atoms with Crippen molar-refractivity contribution < 1.29 is 0 Å². The molecule has 1 saturated heterocycles. The van der Waals surface area contributed by atoms with Crippen LogP contribution in [0.2, 0.25) is 0 Å². The van der Waals surface area contributed by atoms with E-state index in [0.29, 0.717) is 0 Å². The van der Waals surface area contributed by atoms with Crippen LogP contribution in [0.4, 0.5) is 0 Å². The zero-order valence-corrected chi connectivity index (χ0v) is 9.34. The van der Waals surface area contributed by atoms with Crippen molar-refractivity contribution >= 4 is 0 Å². The fourth-order valence-corrected chi connectivity index (χ4v) is 2.05. The van der Waals surface area contributed by atoms with Gasteiger partial charge in [0.2, 0.25) is 0 Å². The summed E-state index contributed by atoms with van der Waals surface area (Å²) in [6.45, 7) is 10.2. The molecule has 1 fully saturated rings. The van der Waals surface area contributed by atoms with Crippen LogP contribution in [-0.2, 0) is 0 Å². The average Bonchev–Trinajstić information content (AvgIpc) is 2.18. The van der Waals surface area contributed by atoms with Gasteiger partial charge in [-0.3, -0.25) is 4.90 Å². The first-order valence-corrected chi connectivity index (χ1v) is 5.57. The van der Waals surface area contributed by atoms with Crippen molar-refractivity contribution in [3.63, 3.8) is 0 Å². The number of hydrogen-bond donors (Lipinski definition) is 1. The van der Waals surface area contributed by atoms with Gasteiger partial charge in [0.25, 0.3) is 0 Å². The quantitative estimate of drug-likeness (QED) is 0.725. The molecule has 0 aliphatic carbocycles. The fraction of sp³-hybridized carbons (Fsp3) is 1.00. The topological polar surface area (TPSA) is 29.3 Å². The number of hydrogen-bond acceptors (Lipinski definition) is 2. The number of piperidine rings is 1. The third-order valence-corrected chi connectivity index (χ3v) is 3.75. The van der Waals surface area contributed by atoms with E-state index in [1.807, 2.05) is 0 Å². The smallest absolute Gasteiger partial charge is 0.0300 e. The van der Waals surface area contributed by atoms with Crippen LogP contribution in [0.15, 0.2) is 0 Å². The van der Waals surface area contributed by atoms with Crippen LogP contribution < -0.4 is 5.73 Å². The second kappa shape index (κ2) is 4.43. The maximum absolute atomic E-state index is 5.84. The molecule has 0 radical (unpaired) electrons. The molecule has 1 aliphatic rings. The second-order valence-corrected chi connectivity index (χ2v) is 4.72. The summed E-state index contributed by atoms with van der Waals surface area (Å²) in [5, 5.41) is 0. The van der Waals surface area contributed by atoms with Crippen molar-refractivity contribution in [1.82, 2.24) is 4.90 Å². The van der Waals surface area contributed by atoms with Gasteiger partial charge in [0.15, 0.2) is 0 Å². The largest absolute Gasteiger partial charge is 0.329 e. The number of rotatable bonds is 3. The standard InChI is InChI=1S/C11H24N2/c1-4-11(3,9-12)13-7-5-10(2)6-8-13/h10H,4-9,12H2,1-3H3. The third-order valence-electron chi connectivity index (χ3n) is 3.75. The minimum absolute atomic E-state index is 0.250. The molecule has 2 heteroatoms. The van der Waals surface area contributed by atoms with E-state index in [4.69, 9.17) is 5.73 Å². The Bertz CT molecular complexity index is 144. The van der Waals surface area contributed by atoms with Crippen molar-refractivity contribution in [3.8, 4) is 0 Å². The lowest BCUT2D eigenvalue weighted by Gasteiger charge is -2.43. The summed E-state index contributed by atoms with van der Waals surface area (Å²) in [6.07, 6.45) is 3.85. The van der Waals surface area contributed by atoms with Gasteiger partial charge in [-0.25, -0.2) is 0 Å². The summed E-state index contributed by atoms with van der Waals surface area (Å²) in [5.74, 6) is 0.912. The molecule has 0 saturated carbocycles. The van der Waals surface area contributed by atoms with E-state index in [0.717, 1.165) is 18.9 Å². The minimum atomic E-state index is 0.250. The maximum Gasteiger partial charge on any atom is 0.0300 e. The summed E-state index contributed by atoms with van der Waals surface area (Å²) in [5.41, 5.74) is 6.09. The molecule has 0 aromatic heterocycles. The van der Waals surface area contributed by atoms with Gasteiger partial charge < -0.3 is 5.73 Å². The molecule has 1 heterocycles. The zero-order valence-electron chi connectivity index (χ0n) is 9.34. The first-order valence-electron chi connectivity index (χ1n) is 5.57. The minimum Gasteiger partial charge on any atom is -0.329 e. The lowest BCUT2D eigenvalue weighted by atomic mass is 9.90. The average molecular weight is 184 g/mol. The Morgan fingerprint density at radius 2 is 1.92 bits per heavy atom. The molecule has 0 bridgehead atoms. The highest BCUT2D eigenvalue weighted by molar-refractivity contribution is 4.88. The molecule has 0 aromatic rings. The lowest BCUT2D eigenvalue weighted by molar-refractivity contribution is 0.0679. The van der Waals surface area contributed by atoms with Crippen LogP contribution in [0.3, 0.4) is 0 Å². The van der Waals surface area contributed by atoms with E-state index < -0.39 is 0 Å². The van der Waals surface area contributed by atoms with E-state index in [-0.39, 0.29) is 5.54 Å². The Hall–Kier alpha value is -0.0800. The zero-order chi connectivity index (χ0) is 9.90. The summed E-state index contributed by atoms with van der Waals surface area (Å²) >= 11 is 0. The fourth-order valence-electron chi connectivity index (χ4n) is 2.05. The van der Waals surface area contributed by atoms with E-state index in [1.165, 1.54) is 25.9 Å². The van der Waals surface area contributed by atoms with Crippen molar-refractivity contribution in [2.45, 2.75) is 45.6 Å². The monoisotopic (exact) mass is 184 g/mol. The second-order valence-electron chi connectivity index (χ2n) is 4.72. The van der Waals surface area contributed by atoms with Crippen molar-refractivity contribution in [2.24, 2.45) is 11.7 Å². The van der Waals surface area contributed by atoms with Crippen molar-refractivity contribution in [2.75, 3.05) is 19.6 Å². The normalized spacial score (nSPS) is 25.8. The lowest BCUT2D eigenvalue weighted by Crippen LogP contribution is -2.53. The molecule has 0 spiro atoms. The molecule has 0 amide bonds. The Labute approximate surface area is 82.5 Å². The van der Waals surface area contributed by atoms with Gasteiger partial charge in [-0.05, 0) is 45.2 Å². The van der Waals surface area contributed by atoms with Crippen LogP contribution in [0, 0.1) is 5.92 Å². The first kappa shape index (κ1) is 11.0. The Kier molecular flexibility index (Phi) is 3.74. The van der Waals surface area contributed by atoms with Gasteiger partial charge in [0.05, 0.1) is 0 Å². The molecule has 13 heavy (non-hydrogen) atoms. The van der Waals surface area contributed by atoms with Gasteiger partial charge in [-0.15, -0.1) is 0 Å². The Morgan fingerprint density at radius 3 is 2.31 bits per heavy atom. The van der Waals surface area contributed by atoms with Crippen molar-refractivity contribution in [3.05, 3.63) is 0 Å². The highest BCUT2D eigenvalue weighted by Crippen LogP contribution is 2.25. The van der Waals surface area contributed by atoms with Gasteiger partial charge in [-0.2, -0.15) is 0 Å². The maximum atomic E-state index is 5.84. The van der Waals surface area contributed by atoms with Gasteiger partial charge in [0, 0.05) is 12.1 Å². The highest BCUT2D eigenvalue weighted by Gasteiger charge is 2.30. The molecule has 2 nitrogen and oxygen atoms in total. The molecule has 1 unspecified atom stereocenters. The summed E-state index contributed by atoms with van der Waals surface area (Å²) in [7, 11) is 0. The molecular weight excluding hydrogens is 160 g/mol. The van der Waals surface area contributed by atoms with Crippen LogP contribution in [0.5, 0.6) is 0 Å². The van der Waals surface area contributed by atoms with E-state index in [2.05, 4.69) is 25.7 Å². The molecule has 0 aromatic carbocycles. The van der Waals surface area contributed by atoms with Gasteiger partial charge in [-0.1, -0.05) is 13.8 Å². The van der Waals surface area contributed by atoms with Gasteiger partial charge >= 0.3 is 0 Å². The molecule has 2 N–H and O–H groups in total. The number of nitrogens with two attached hydrogens (primary N) is 1. The predicted molar refractivity (Wildman–Crippen MR) is 57.7 cm³/mol. The molecule has 1 aliphatic heterocycles. The Balaban J connectivity index is 2.51. The summed E-state index contributed by atoms with van der Waals surface area (Å²) in [4.78, 5) is 2.58. The third kappa shape index (κ3) is 2.44. The number of nitrogens with zero attached hydrogens (tertiary/aromatic N) is 1.